The van der Waals surface area contributed by atoms with Crippen molar-refractivity contribution in [2.75, 3.05) is 11.9 Å². The van der Waals surface area contributed by atoms with Crippen molar-refractivity contribution >= 4 is 33.4 Å². The summed E-state index contributed by atoms with van der Waals surface area (Å²) in [5.41, 5.74) is 3.12. The maximum absolute atomic E-state index is 12.4. The molecule has 0 unspecified atom stereocenters. The van der Waals surface area contributed by atoms with E-state index in [1.54, 1.807) is 24.3 Å². The van der Waals surface area contributed by atoms with Crippen LogP contribution < -0.4 is 15.4 Å². The lowest BCUT2D eigenvalue weighted by atomic mass is 10.2. The minimum atomic E-state index is -0.335. The van der Waals surface area contributed by atoms with Gasteiger partial charge in [-0.1, -0.05) is 52.3 Å². The number of hydrogen-bond acceptors (Lipinski definition) is 3. The zero-order chi connectivity index (χ0) is 20.6. The lowest BCUT2D eigenvalue weighted by Gasteiger charge is -2.10. The van der Waals surface area contributed by atoms with Crippen LogP contribution >= 0.6 is 15.9 Å². The van der Waals surface area contributed by atoms with Gasteiger partial charge in [-0.25, -0.2) is 0 Å². The number of carbonyl (C=O) groups excluding carboxylic acids is 2. The highest BCUT2D eigenvalue weighted by Crippen LogP contribution is 2.20. The number of ether oxygens (including phenoxy) is 1. The molecule has 0 radical (unpaired) electrons. The Morgan fingerprint density at radius 3 is 2.52 bits per heavy atom. The van der Waals surface area contributed by atoms with Gasteiger partial charge in [0.2, 0.25) is 5.91 Å². The van der Waals surface area contributed by atoms with Gasteiger partial charge >= 0.3 is 0 Å². The van der Waals surface area contributed by atoms with Crippen molar-refractivity contribution < 1.29 is 14.3 Å². The second-order valence-electron chi connectivity index (χ2n) is 6.49. The minimum Gasteiger partial charge on any atom is -0.489 e. The first kappa shape index (κ1) is 20.6. The van der Waals surface area contributed by atoms with Gasteiger partial charge < -0.3 is 15.4 Å². The summed E-state index contributed by atoms with van der Waals surface area (Å²) in [6, 6.07) is 22.3. The molecule has 0 bridgehead atoms. The first-order chi connectivity index (χ1) is 14.0. The third-order valence-electron chi connectivity index (χ3n) is 4.22. The van der Waals surface area contributed by atoms with E-state index in [2.05, 4.69) is 26.6 Å². The maximum Gasteiger partial charge on any atom is 0.251 e. The molecule has 3 aromatic carbocycles. The zero-order valence-electron chi connectivity index (χ0n) is 15.9. The molecule has 3 rings (SSSR count). The lowest BCUT2D eigenvalue weighted by Crippen LogP contribution is -2.33. The highest BCUT2D eigenvalue weighted by atomic mass is 79.9. The molecule has 0 saturated heterocycles. The van der Waals surface area contributed by atoms with Crippen LogP contribution in [0.3, 0.4) is 0 Å². The number of hydrogen-bond donors (Lipinski definition) is 2. The van der Waals surface area contributed by atoms with E-state index in [1.807, 2.05) is 55.5 Å². The monoisotopic (exact) mass is 452 g/mol. The fourth-order valence-corrected chi connectivity index (χ4v) is 3.17. The number of halogens is 1. The van der Waals surface area contributed by atoms with Gasteiger partial charge in [-0.15, -0.1) is 0 Å². The summed E-state index contributed by atoms with van der Waals surface area (Å²) in [5, 5.41) is 5.43. The summed E-state index contributed by atoms with van der Waals surface area (Å²) in [6.45, 7) is 2.20. The number of nitrogens with one attached hydrogen (secondary N) is 2. The van der Waals surface area contributed by atoms with Crippen LogP contribution in [0.5, 0.6) is 5.75 Å². The van der Waals surface area contributed by atoms with Crippen LogP contribution in [0.2, 0.25) is 0 Å². The quantitative estimate of drug-likeness (QED) is 0.545. The second kappa shape index (κ2) is 9.89. The SMILES string of the molecule is Cc1cc(Br)ccc1NC(=O)CNC(=O)c1cccc(OCc2ccccc2)c1. The molecule has 6 heteroatoms. The van der Waals surface area contributed by atoms with Crippen LogP contribution in [0.15, 0.2) is 77.3 Å². The van der Waals surface area contributed by atoms with Gasteiger partial charge in [-0.2, -0.15) is 0 Å². The average molecular weight is 453 g/mol. The van der Waals surface area contributed by atoms with Gasteiger partial charge in [0.25, 0.3) is 5.91 Å². The molecule has 0 atom stereocenters. The molecule has 0 heterocycles. The van der Waals surface area contributed by atoms with E-state index >= 15 is 0 Å². The first-order valence-electron chi connectivity index (χ1n) is 9.12. The van der Waals surface area contributed by atoms with Gasteiger partial charge in [0.05, 0.1) is 6.54 Å². The molecule has 2 N–H and O–H groups in total. The van der Waals surface area contributed by atoms with Gasteiger partial charge in [0.15, 0.2) is 0 Å². The minimum absolute atomic E-state index is 0.122. The molecule has 0 aliphatic heterocycles. The molecule has 0 spiro atoms. The Hall–Kier alpha value is -3.12. The van der Waals surface area contributed by atoms with Crippen molar-refractivity contribution in [1.82, 2.24) is 5.32 Å². The molecule has 0 aromatic heterocycles. The standard InChI is InChI=1S/C23H21BrN2O3/c1-16-12-19(24)10-11-21(16)26-22(27)14-25-23(28)18-8-5-9-20(13-18)29-15-17-6-3-2-4-7-17/h2-13H,14-15H2,1H3,(H,25,28)(H,26,27). The molecule has 0 saturated carbocycles. The third-order valence-corrected chi connectivity index (χ3v) is 4.71. The van der Waals surface area contributed by atoms with Crippen molar-refractivity contribution in [3.05, 3.63) is 94.0 Å². The molecule has 0 aliphatic rings. The van der Waals surface area contributed by atoms with Gasteiger partial charge in [-0.3, -0.25) is 9.59 Å². The molecule has 29 heavy (non-hydrogen) atoms. The predicted octanol–water partition coefficient (Wildman–Crippen LogP) is 4.71. The Kier molecular flexibility index (Phi) is 7.03. The van der Waals surface area contributed by atoms with Crippen LogP contribution in [0, 0.1) is 6.92 Å². The van der Waals surface area contributed by atoms with Crippen LogP contribution in [0.1, 0.15) is 21.5 Å². The summed E-state index contributed by atoms with van der Waals surface area (Å²) in [5.74, 6) is -0.0328. The van der Waals surface area contributed by atoms with Crippen molar-refractivity contribution in [3.63, 3.8) is 0 Å². The van der Waals surface area contributed by atoms with Crippen molar-refractivity contribution in [2.24, 2.45) is 0 Å². The van der Waals surface area contributed by atoms with E-state index in [0.717, 1.165) is 15.6 Å². The second-order valence-corrected chi connectivity index (χ2v) is 7.41. The van der Waals surface area contributed by atoms with Crippen LogP contribution in [0.4, 0.5) is 5.69 Å². The molecule has 148 valence electrons. The van der Waals surface area contributed by atoms with Crippen LogP contribution in [-0.4, -0.2) is 18.4 Å². The fourth-order valence-electron chi connectivity index (χ4n) is 2.69. The zero-order valence-corrected chi connectivity index (χ0v) is 17.5. The third kappa shape index (κ3) is 6.19. The normalized spacial score (nSPS) is 10.3. The number of benzene rings is 3. The molecule has 5 nitrogen and oxygen atoms in total. The Labute approximate surface area is 178 Å². The summed E-state index contributed by atoms with van der Waals surface area (Å²) >= 11 is 3.39. The largest absolute Gasteiger partial charge is 0.489 e. The molecule has 2 amide bonds. The maximum atomic E-state index is 12.4. The van der Waals surface area contributed by atoms with E-state index in [4.69, 9.17) is 4.74 Å². The average Bonchev–Trinajstić information content (AvgIpc) is 2.73. The van der Waals surface area contributed by atoms with E-state index in [1.165, 1.54) is 0 Å². The number of amides is 2. The smallest absolute Gasteiger partial charge is 0.251 e. The van der Waals surface area contributed by atoms with Crippen molar-refractivity contribution in [1.29, 1.82) is 0 Å². The Bertz CT molecular complexity index is 1010. The van der Waals surface area contributed by atoms with E-state index < -0.39 is 0 Å². The number of aryl methyl sites for hydroxylation is 1. The molecule has 0 aliphatic carbocycles. The highest BCUT2D eigenvalue weighted by Gasteiger charge is 2.10. The molecular formula is C23H21BrN2O3. The highest BCUT2D eigenvalue weighted by molar-refractivity contribution is 9.10. The molecule has 3 aromatic rings. The Morgan fingerprint density at radius 1 is 0.966 bits per heavy atom. The van der Waals surface area contributed by atoms with Gasteiger partial charge in [-0.05, 0) is 54.4 Å². The molecular weight excluding hydrogens is 432 g/mol. The lowest BCUT2D eigenvalue weighted by molar-refractivity contribution is -0.115. The van der Waals surface area contributed by atoms with E-state index in [0.29, 0.717) is 23.6 Å². The van der Waals surface area contributed by atoms with Gasteiger partial charge in [0, 0.05) is 15.7 Å². The van der Waals surface area contributed by atoms with E-state index in [-0.39, 0.29) is 18.4 Å². The van der Waals surface area contributed by atoms with Crippen molar-refractivity contribution in [3.8, 4) is 5.75 Å². The summed E-state index contributed by atoms with van der Waals surface area (Å²) in [6.07, 6.45) is 0. The first-order valence-corrected chi connectivity index (χ1v) is 9.91. The molecule has 0 fully saturated rings. The predicted molar refractivity (Wildman–Crippen MR) is 117 cm³/mol. The fraction of sp³-hybridized carbons (Fsp3) is 0.130. The number of rotatable bonds is 7. The van der Waals surface area contributed by atoms with Gasteiger partial charge in [0.1, 0.15) is 12.4 Å². The van der Waals surface area contributed by atoms with Crippen LogP contribution in [-0.2, 0) is 11.4 Å². The topological polar surface area (TPSA) is 67.4 Å². The summed E-state index contributed by atoms with van der Waals surface area (Å²) in [4.78, 5) is 24.5. The summed E-state index contributed by atoms with van der Waals surface area (Å²) in [7, 11) is 0. The van der Waals surface area contributed by atoms with E-state index in [9.17, 15) is 9.59 Å². The number of carbonyl (C=O) groups is 2. The van der Waals surface area contributed by atoms with Crippen molar-refractivity contribution in [2.45, 2.75) is 13.5 Å². The Balaban J connectivity index is 1.53. The van der Waals surface area contributed by atoms with Crippen LogP contribution in [0.25, 0.3) is 0 Å². The summed E-state index contributed by atoms with van der Waals surface area (Å²) < 4.78 is 6.69. The number of anilines is 1. The Morgan fingerprint density at radius 2 is 1.76 bits per heavy atom.